The first-order chi connectivity index (χ1) is 6.10. The third kappa shape index (κ3) is 2.25. The Labute approximate surface area is 79.4 Å². The normalized spacial score (nSPS) is 11.7. The van der Waals surface area contributed by atoms with E-state index in [1.807, 2.05) is 6.07 Å². The zero-order valence-corrected chi connectivity index (χ0v) is 8.54. The van der Waals surface area contributed by atoms with Gasteiger partial charge < -0.3 is 5.73 Å². The van der Waals surface area contributed by atoms with Crippen LogP contribution in [0, 0.1) is 0 Å². The topological polar surface area (TPSA) is 51.8 Å². The second-order valence-electron chi connectivity index (χ2n) is 3.84. The van der Waals surface area contributed by atoms with Gasteiger partial charge in [0.2, 0.25) is 0 Å². The molecule has 3 heteroatoms. The van der Waals surface area contributed by atoms with Crippen LogP contribution in [0.4, 0.5) is 0 Å². The molecule has 0 atom stereocenters. The Balaban J connectivity index is 3.01. The molecule has 0 aromatic carbocycles. The molecule has 0 amide bonds. The van der Waals surface area contributed by atoms with Crippen LogP contribution in [0.15, 0.2) is 12.4 Å². The molecule has 0 saturated heterocycles. The molecule has 1 rings (SSSR count). The van der Waals surface area contributed by atoms with Crippen LogP contribution in [0.2, 0.25) is 0 Å². The Morgan fingerprint density at radius 2 is 2.08 bits per heavy atom. The molecule has 0 fully saturated rings. The lowest BCUT2D eigenvalue weighted by atomic mass is 9.89. The minimum atomic E-state index is -0.0488. The minimum absolute atomic E-state index is 0.0488. The molecular weight excluding hydrogens is 162 g/mol. The fraction of sp³-hybridized carbons (Fsp3) is 0.600. The van der Waals surface area contributed by atoms with E-state index in [9.17, 15) is 0 Å². The molecule has 2 N–H and O–H groups in total. The van der Waals surface area contributed by atoms with Crippen LogP contribution in [0.25, 0.3) is 0 Å². The Morgan fingerprint density at radius 1 is 1.38 bits per heavy atom. The van der Waals surface area contributed by atoms with Gasteiger partial charge in [-0.3, -0.25) is 0 Å². The molecule has 1 heterocycles. The maximum atomic E-state index is 5.67. The summed E-state index contributed by atoms with van der Waals surface area (Å²) in [5.74, 6) is 0. The maximum Gasteiger partial charge on any atom is 0.115 e. The molecule has 0 aliphatic heterocycles. The third-order valence-corrected chi connectivity index (χ3v) is 2.29. The van der Waals surface area contributed by atoms with Crippen molar-refractivity contribution in [1.82, 2.24) is 9.97 Å². The maximum absolute atomic E-state index is 5.67. The van der Waals surface area contributed by atoms with Crippen LogP contribution < -0.4 is 5.73 Å². The molecule has 0 unspecified atom stereocenters. The number of rotatable bonds is 3. The molecule has 0 spiro atoms. The quantitative estimate of drug-likeness (QED) is 0.760. The third-order valence-electron chi connectivity index (χ3n) is 2.29. The predicted molar refractivity (Wildman–Crippen MR) is 53.5 cm³/mol. The van der Waals surface area contributed by atoms with Crippen molar-refractivity contribution in [2.24, 2.45) is 5.73 Å². The van der Waals surface area contributed by atoms with Crippen LogP contribution in [0.5, 0.6) is 0 Å². The van der Waals surface area contributed by atoms with Crippen molar-refractivity contribution in [3.63, 3.8) is 0 Å². The SMILES string of the molecule is CCc1cc(C(C)(C)CN)ncn1. The van der Waals surface area contributed by atoms with E-state index in [-0.39, 0.29) is 5.41 Å². The monoisotopic (exact) mass is 179 g/mol. The summed E-state index contributed by atoms with van der Waals surface area (Å²) in [5, 5.41) is 0. The van der Waals surface area contributed by atoms with Crippen molar-refractivity contribution < 1.29 is 0 Å². The van der Waals surface area contributed by atoms with Gasteiger partial charge in [0.15, 0.2) is 0 Å². The lowest BCUT2D eigenvalue weighted by molar-refractivity contribution is 0.519. The summed E-state index contributed by atoms with van der Waals surface area (Å²) in [7, 11) is 0. The first kappa shape index (κ1) is 10.1. The molecule has 0 bridgehead atoms. The van der Waals surface area contributed by atoms with E-state index < -0.39 is 0 Å². The van der Waals surface area contributed by atoms with Gasteiger partial charge in [-0.15, -0.1) is 0 Å². The molecule has 72 valence electrons. The smallest absolute Gasteiger partial charge is 0.115 e. The molecular formula is C10H17N3. The molecule has 0 aliphatic carbocycles. The summed E-state index contributed by atoms with van der Waals surface area (Å²) in [6.45, 7) is 6.87. The summed E-state index contributed by atoms with van der Waals surface area (Å²) >= 11 is 0. The lowest BCUT2D eigenvalue weighted by Crippen LogP contribution is -2.29. The van der Waals surface area contributed by atoms with Gasteiger partial charge in [-0.25, -0.2) is 9.97 Å². The summed E-state index contributed by atoms with van der Waals surface area (Å²) in [6.07, 6.45) is 2.56. The number of nitrogens with zero attached hydrogens (tertiary/aromatic N) is 2. The summed E-state index contributed by atoms with van der Waals surface area (Å²) in [6, 6.07) is 2.03. The van der Waals surface area contributed by atoms with Crippen molar-refractivity contribution in [3.8, 4) is 0 Å². The van der Waals surface area contributed by atoms with Crippen LogP contribution >= 0.6 is 0 Å². The van der Waals surface area contributed by atoms with Crippen molar-refractivity contribution >= 4 is 0 Å². The van der Waals surface area contributed by atoms with Crippen LogP contribution in [-0.2, 0) is 11.8 Å². The van der Waals surface area contributed by atoms with E-state index in [1.54, 1.807) is 6.33 Å². The molecule has 3 nitrogen and oxygen atoms in total. The molecule has 0 radical (unpaired) electrons. The van der Waals surface area contributed by atoms with Gasteiger partial charge in [-0.2, -0.15) is 0 Å². The standard InChI is InChI=1S/C10H17N3/c1-4-8-5-9(13-7-12-8)10(2,3)6-11/h5,7H,4,6,11H2,1-3H3. The number of aryl methyl sites for hydroxylation is 1. The Bertz CT molecular complexity index is 281. The molecule has 1 aromatic rings. The number of hydrogen-bond donors (Lipinski definition) is 1. The fourth-order valence-corrected chi connectivity index (χ4v) is 1.07. The predicted octanol–water partition coefficient (Wildman–Crippen LogP) is 1.28. The molecule has 1 aromatic heterocycles. The highest BCUT2D eigenvalue weighted by atomic mass is 14.8. The average molecular weight is 179 g/mol. The van der Waals surface area contributed by atoms with Gasteiger partial charge in [0.1, 0.15) is 6.33 Å². The van der Waals surface area contributed by atoms with Gasteiger partial charge >= 0.3 is 0 Å². The van der Waals surface area contributed by atoms with Crippen LogP contribution in [0.3, 0.4) is 0 Å². The van der Waals surface area contributed by atoms with Gasteiger partial charge in [0, 0.05) is 17.7 Å². The second-order valence-corrected chi connectivity index (χ2v) is 3.84. The molecule has 0 aliphatic rings. The highest BCUT2D eigenvalue weighted by molar-refractivity contribution is 5.17. The van der Waals surface area contributed by atoms with Crippen molar-refractivity contribution in [3.05, 3.63) is 23.8 Å². The first-order valence-corrected chi connectivity index (χ1v) is 4.61. The van der Waals surface area contributed by atoms with Crippen molar-refractivity contribution in [2.45, 2.75) is 32.6 Å². The first-order valence-electron chi connectivity index (χ1n) is 4.61. The van der Waals surface area contributed by atoms with E-state index in [0.717, 1.165) is 17.8 Å². The summed E-state index contributed by atoms with van der Waals surface area (Å²) < 4.78 is 0. The summed E-state index contributed by atoms with van der Waals surface area (Å²) in [5.41, 5.74) is 7.73. The van der Waals surface area contributed by atoms with Gasteiger partial charge in [-0.05, 0) is 12.5 Å². The van der Waals surface area contributed by atoms with Gasteiger partial charge in [-0.1, -0.05) is 20.8 Å². The van der Waals surface area contributed by atoms with E-state index in [0.29, 0.717) is 6.54 Å². The zero-order valence-electron chi connectivity index (χ0n) is 8.54. The largest absolute Gasteiger partial charge is 0.330 e. The van der Waals surface area contributed by atoms with E-state index in [1.165, 1.54) is 0 Å². The fourth-order valence-electron chi connectivity index (χ4n) is 1.07. The Morgan fingerprint density at radius 3 is 2.62 bits per heavy atom. The van der Waals surface area contributed by atoms with Crippen LogP contribution in [-0.4, -0.2) is 16.5 Å². The number of nitrogens with two attached hydrogens (primary N) is 1. The lowest BCUT2D eigenvalue weighted by Gasteiger charge is -2.21. The Kier molecular flexibility index (Phi) is 2.98. The highest BCUT2D eigenvalue weighted by Gasteiger charge is 2.20. The van der Waals surface area contributed by atoms with E-state index in [2.05, 4.69) is 30.7 Å². The summed E-state index contributed by atoms with van der Waals surface area (Å²) in [4.78, 5) is 8.39. The van der Waals surface area contributed by atoms with Gasteiger partial charge in [0.25, 0.3) is 0 Å². The van der Waals surface area contributed by atoms with E-state index in [4.69, 9.17) is 5.73 Å². The average Bonchev–Trinajstić information content (AvgIpc) is 2.18. The molecule has 13 heavy (non-hydrogen) atoms. The second kappa shape index (κ2) is 3.83. The van der Waals surface area contributed by atoms with Gasteiger partial charge in [0.05, 0.1) is 5.69 Å². The number of aromatic nitrogens is 2. The van der Waals surface area contributed by atoms with E-state index >= 15 is 0 Å². The van der Waals surface area contributed by atoms with Crippen molar-refractivity contribution in [1.29, 1.82) is 0 Å². The molecule has 0 saturated carbocycles. The zero-order chi connectivity index (χ0) is 9.90. The Hall–Kier alpha value is -0.960. The number of hydrogen-bond acceptors (Lipinski definition) is 3. The minimum Gasteiger partial charge on any atom is -0.330 e. The highest BCUT2D eigenvalue weighted by Crippen LogP contribution is 2.19. The van der Waals surface area contributed by atoms with Crippen molar-refractivity contribution in [2.75, 3.05) is 6.54 Å². The van der Waals surface area contributed by atoms with Crippen LogP contribution in [0.1, 0.15) is 32.2 Å².